The number of anilines is 3. The van der Waals surface area contributed by atoms with Crippen molar-refractivity contribution in [1.82, 2.24) is 9.97 Å². The second-order valence-electron chi connectivity index (χ2n) is 6.46. The largest absolute Gasteiger partial charge is 0.340 e. The molecule has 4 aromatic rings. The number of hydrogen-bond acceptors (Lipinski definition) is 4. The summed E-state index contributed by atoms with van der Waals surface area (Å²) in [6, 6.07) is 22.4. The normalized spacial score (nSPS) is 10.5. The second-order valence-corrected chi connectivity index (χ2v) is 7.38. The summed E-state index contributed by atoms with van der Waals surface area (Å²) in [7, 11) is 0. The molecule has 30 heavy (non-hydrogen) atoms. The minimum atomic E-state index is -0.322. The van der Waals surface area contributed by atoms with Crippen molar-refractivity contribution in [3.8, 4) is 11.3 Å². The minimum absolute atomic E-state index is 0.195. The third-order valence-corrected chi connectivity index (χ3v) is 4.84. The van der Waals surface area contributed by atoms with Crippen LogP contribution in [0.1, 0.15) is 10.4 Å². The van der Waals surface area contributed by atoms with Gasteiger partial charge in [-0.2, -0.15) is 0 Å². The zero-order valence-corrected chi connectivity index (χ0v) is 17.2. The molecule has 1 amide bonds. The summed E-state index contributed by atoms with van der Waals surface area (Å²) in [4.78, 5) is 20.8. The van der Waals surface area contributed by atoms with Crippen molar-refractivity contribution in [2.45, 2.75) is 0 Å². The van der Waals surface area contributed by atoms with E-state index in [1.165, 1.54) is 18.5 Å². The highest BCUT2D eigenvalue weighted by molar-refractivity contribution is 9.10. The van der Waals surface area contributed by atoms with Gasteiger partial charge in [0.1, 0.15) is 18.0 Å². The van der Waals surface area contributed by atoms with Crippen LogP contribution in [0.15, 0.2) is 89.7 Å². The lowest BCUT2D eigenvalue weighted by molar-refractivity contribution is 0.102. The van der Waals surface area contributed by atoms with Gasteiger partial charge in [-0.25, -0.2) is 14.4 Å². The molecule has 0 unspecified atom stereocenters. The molecule has 0 radical (unpaired) electrons. The SMILES string of the molecule is O=C(Nc1ccc(Br)cc1)c1ccc(Nc2cc(-c3cccc(F)c3)ncn2)cc1. The fourth-order valence-electron chi connectivity index (χ4n) is 2.82. The van der Waals surface area contributed by atoms with Crippen LogP contribution in [0.5, 0.6) is 0 Å². The first-order valence-corrected chi connectivity index (χ1v) is 9.88. The van der Waals surface area contributed by atoms with E-state index < -0.39 is 0 Å². The highest BCUT2D eigenvalue weighted by atomic mass is 79.9. The molecule has 0 aliphatic heterocycles. The zero-order valence-electron chi connectivity index (χ0n) is 15.6. The Hall–Kier alpha value is -3.58. The molecule has 2 N–H and O–H groups in total. The Labute approximate surface area is 181 Å². The summed E-state index contributed by atoms with van der Waals surface area (Å²) >= 11 is 3.37. The van der Waals surface area contributed by atoms with Gasteiger partial charge in [0, 0.05) is 33.0 Å². The number of nitrogens with zero attached hydrogens (tertiary/aromatic N) is 2. The van der Waals surface area contributed by atoms with Gasteiger partial charge in [-0.1, -0.05) is 28.1 Å². The molecule has 0 saturated heterocycles. The van der Waals surface area contributed by atoms with Crippen LogP contribution in [0, 0.1) is 5.82 Å². The van der Waals surface area contributed by atoms with Gasteiger partial charge in [0.15, 0.2) is 0 Å². The minimum Gasteiger partial charge on any atom is -0.340 e. The van der Waals surface area contributed by atoms with Crippen molar-refractivity contribution >= 4 is 39.0 Å². The van der Waals surface area contributed by atoms with Crippen molar-refractivity contribution in [1.29, 1.82) is 0 Å². The molecule has 0 fully saturated rings. The van der Waals surface area contributed by atoms with Gasteiger partial charge >= 0.3 is 0 Å². The van der Waals surface area contributed by atoms with E-state index in [1.54, 1.807) is 42.5 Å². The van der Waals surface area contributed by atoms with E-state index in [9.17, 15) is 9.18 Å². The van der Waals surface area contributed by atoms with Gasteiger partial charge in [-0.15, -0.1) is 0 Å². The number of halogens is 2. The maximum Gasteiger partial charge on any atom is 0.255 e. The monoisotopic (exact) mass is 462 g/mol. The summed E-state index contributed by atoms with van der Waals surface area (Å²) in [5.41, 5.74) is 3.29. The van der Waals surface area contributed by atoms with Gasteiger partial charge < -0.3 is 10.6 Å². The Morgan fingerprint density at radius 2 is 1.60 bits per heavy atom. The van der Waals surface area contributed by atoms with Crippen LogP contribution in [0.3, 0.4) is 0 Å². The lowest BCUT2D eigenvalue weighted by atomic mass is 10.1. The quantitative estimate of drug-likeness (QED) is 0.379. The standard InChI is InChI=1S/C23H16BrFN4O/c24-17-6-10-20(11-7-17)29-23(30)15-4-8-19(9-5-15)28-22-13-21(26-14-27-22)16-2-1-3-18(25)12-16/h1-14H,(H,29,30)(H,26,27,28). The molecule has 7 heteroatoms. The highest BCUT2D eigenvalue weighted by Crippen LogP contribution is 2.22. The van der Waals surface area contributed by atoms with E-state index in [1.807, 2.05) is 24.3 Å². The van der Waals surface area contributed by atoms with Crippen molar-refractivity contribution in [2.75, 3.05) is 10.6 Å². The molecule has 0 atom stereocenters. The summed E-state index contributed by atoms with van der Waals surface area (Å²) in [5.74, 6) is 0.0493. The molecular formula is C23H16BrFN4O. The maximum atomic E-state index is 13.5. The molecule has 0 aliphatic carbocycles. The Balaban J connectivity index is 1.45. The first-order chi connectivity index (χ1) is 14.6. The molecular weight excluding hydrogens is 447 g/mol. The van der Waals surface area contributed by atoms with Crippen LogP contribution >= 0.6 is 15.9 Å². The van der Waals surface area contributed by atoms with Crippen molar-refractivity contribution in [3.63, 3.8) is 0 Å². The fourth-order valence-corrected chi connectivity index (χ4v) is 3.08. The summed E-state index contributed by atoms with van der Waals surface area (Å²) < 4.78 is 14.4. The predicted molar refractivity (Wildman–Crippen MR) is 119 cm³/mol. The maximum absolute atomic E-state index is 13.5. The average molecular weight is 463 g/mol. The molecule has 3 aromatic carbocycles. The summed E-state index contributed by atoms with van der Waals surface area (Å²) in [6.45, 7) is 0. The Kier molecular flexibility index (Phi) is 5.81. The average Bonchev–Trinajstić information content (AvgIpc) is 2.76. The number of rotatable bonds is 5. The number of carbonyl (C=O) groups excluding carboxylic acids is 1. The van der Waals surface area contributed by atoms with Crippen LogP contribution in [0.4, 0.5) is 21.6 Å². The lowest BCUT2D eigenvalue weighted by Crippen LogP contribution is -2.11. The van der Waals surface area contributed by atoms with E-state index in [0.717, 1.165) is 15.8 Å². The molecule has 1 heterocycles. The second kappa shape index (κ2) is 8.84. The fraction of sp³-hybridized carbons (Fsp3) is 0. The Morgan fingerprint density at radius 1 is 0.867 bits per heavy atom. The first-order valence-electron chi connectivity index (χ1n) is 9.09. The number of aromatic nitrogens is 2. The smallest absolute Gasteiger partial charge is 0.255 e. The Bertz CT molecular complexity index is 1180. The topological polar surface area (TPSA) is 66.9 Å². The van der Waals surface area contributed by atoms with E-state index in [4.69, 9.17) is 0 Å². The van der Waals surface area contributed by atoms with Gasteiger partial charge in [-0.3, -0.25) is 4.79 Å². The number of amides is 1. The lowest BCUT2D eigenvalue weighted by Gasteiger charge is -2.09. The number of hydrogen-bond donors (Lipinski definition) is 2. The van der Waals surface area contributed by atoms with Crippen LogP contribution in [0.2, 0.25) is 0 Å². The van der Waals surface area contributed by atoms with Gasteiger partial charge in [0.25, 0.3) is 5.91 Å². The van der Waals surface area contributed by atoms with Crippen LogP contribution in [-0.2, 0) is 0 Å². The van der Waals surface area contributed by atoms with Crippen molar-refractivity contribution < 1.29 is 9.18 Å². The van der Waals surface area contributed by atoms with Crippen LogP contribution in [0.25, 0.3) is 11.3 Å². The van der Waals surface area contributed by atoms with Crippen LogP contribution < -0.4 is 10.6 Å². The van der Waals surface area contributed by atoms with Crippen molar-refractivity contribution in [3.05, 3.63) is 101 Å². The molecule has 148 valence electrons. The van der Waals surface area contributed by atoms with E-state index >= 15 is 0 Å². The van der Waals surface area contributed by atoms with Crippen LogP contribution in [-0.4, -0.2) is 15.9 Å². The summed E-state index contributed by atoms with van der Waals surface area (Å²) in [5, 5.41) is 6.02. The zero-order chi connectivity index (χ0) is 20.9. The number of carbonyl (C=O) groups is 1. The van der Waals surface area contributed by atoms with Gasteiger partial charge in [0.2, 0.25) is 0 Å². The van der Waals surface area contributed by atoms with Gasteiger partial charge in [-0.05, 0) is 60.7 Å². The molecule has 5 nitrogen and oxygen atoms in total. The van der Waals surface area contributed by atoms with Crippen molar-refractivity contribution in [2.24, 2.45) is 0 Å². The molecule has 4 rings (SSSR count). The number of benzene rings is 3. The van der Waals surface area contributed by atoms with E-state index in [2.05, 4.69) is 36.5 Å². The highest BCUT2D eigenvalue weighted by Gasteiger charge is 2.07. The third-order valence-electron chi connectivity index (χ3n) is 4.31. The Morgan fingerprint density at radius 3 is 2.33 bits per heavy atom. The molecule has 0 bridgehead atoms. The molecule has 0 spiro atoms. The van der Waals surface area contributed by atoms with Gasteiger partial charge in [0.05, 0.1) is 5.69 Å². The molecule has 0 aliphatic rings. The number of nitrogens with one attached hydrogen (secondary N) is 2. The molecule has 0 saturated carbocycles. The first kappa shape index (κ1) is 19.7. The predicted octanol–water partition coefficient (Wildman–Crippen LogP) is 6.04. The molecule has 1 aromatic heterocycles. The van der Waals surface area contributed by atoms with E-state index in [0.29, 0.717) is 22.6 Å². The summed E-state index contributed by atoms with van der Waals surface area (Å²) in [6.07, 6.45) is 1.42. The van der Waals surface area contributed by atoms with E-state index in [-0.39, 0.29) is 11.7 Å². The third kappa shape index (κ3) is 4.87.